The second-order valence-electron chi connectivity index (χ2n) is 6.23. The maximum absolute atomic E-state index is 12.7. The van der Waals surface area contributed by atoms with Crippen molar-refractivity contribution < 1.29 is 9.42 Å². The Morgan fingerprint density at radius 2 is 1.76 bits per heavy atom. The van der Waals surface area contributed by atoms with Crippen LogP contribution in [0.15, 0.2) is 70.2 Å². The summed E-state index contributed by atoms with van der Waals surface area (Å²) < 4.78 is 6.18. The fraction of sp³-hybridized carbons (Fsp3) is 0.0500. The summed E-state index contributed by atoms with van der Waals surface area (Å²) in [6.07, 6.45) is 1.47. The van der Waals surface area contributed by atoms with Gasteiger partial charge in [0.15, 0.2) is 11.4 Å². The van der Waals surface area contributed by atoms with Gasteiger partial charge < -0.3 is 5.32 Å². The molecule has 0 atom stereocenters. The molecule has 0 saturated heterocycles. The standard InChI is InChI=1S/C20H14ClN5O3/c1-12-2-4-13(5-3-12)17-19(25-29-24-17)22-20(28)18-16(27)10-11-26(23-18)15-8-6-14(21)7-9-15/h2-11H,1H3,(H,22,25,28). The molecule has 29 heavy (non-hydrogen) atoms. The van der Waals surface area contributed by atoms with Crippen LogP contribution < -0.4 is 10.7 Å². The molecule has 0 spiro atoms. The number of aryl methyl sites for hydroxylation is 1. The number of carbonyl (C=O) groups is 1. The van der Waals surface area contributed by atoms with E-state index in [1.165, 1.54) is 16.9 Å². The zero-order valence-electron chi connectivity index (χ0n) is 15.2. The average molecular weight is 408 g/mol. The maximum Gasteiger partial charge on any atom is 0.281 e. The molecular formula is C20H14ClN5O3. The molecule has 0 unspecified atom stereocenters. The van der Waals surface area contributed by atoms with Gasteiger partial charge in [-0.05, 0) is 41.5 Å². The quantitative estimate of drug-likeness (QED) is 0.555. The molecule has 8 nitrogen and oxygen atoms in total. The molecule has 0 aliphatic rings. The highest BCUT2D eigenvalue weighted by Crippen LogP contribution is 2.24. The lowest BCUT2D eigenvalue weighted by molar-refractivity contribution is 0.101. The normalized spacial score (nSPS) is 10.7. The van der Waals surface area contributed by atoms with E-state index in [1.54, 1.807) is 24.3 Å². The molecule has 0 fully saturated rings. The van der Waals surface area contributed by atoms with Crippen molar-refractivity contribution in [3.63, 3.8) is 0 Å². The summed E-state index contributed by atoms with van der Waals surface area (Å²) in [6, 6.07) is 15.5. The van der Waals surface area contributed by atoms with Crippen LogP contribution in [-0.4, -0.2) is 26.0 Å². The van der Waals surface area contributed by atoms with E-state index in [-0.39, 0.29) is 11.5 Å². The van der Waals surface area contributed by atoms with Crippen LogP contribution >= 0.6 is 11.6 Å². The van der Waals surface area contributed by atoms with Crippen LogP contribution in [0.3, 0.4) is 0 Å². The van der Waals surface area contributed by atoms with Gasteiger partial charge in [0.25, 0.3) is 5.91 Å². The summed E-state index contributed by atoms with van der Waals surface area (Å²) in [5.74, 6) is -0.621. The van der Waals surface area contributed by atoms with Gasteiger partial charge in [-0.15, -0.1) is 0 Å². The first kappa shape index (κ1) is 18.6. The molecule has 4 rings (SSSR count). The molecule has 4 aromatic rings. The molecule has 0 bridgehead atoms. The molecule has 0 aliphatic carbocycles. The molecule has 2 aromatic carbocycles. The zero-order chi connectivity index (χ0) is 20.4. The van der Waals surface area contributed by atoms with Gasteiger partial charge >= 0.3 is 0 Å². The first-order valence-corrected chi connectivity index (χ1v) is 8.96. The van der Waals surface area contributed by atoms with Gasteiger partial charge in [0, 0.05) is 22.8 Å². The van der Waals surface area contributed by atoms with Crippen molar-refractivity contribution in [1.29, 1.82) is 0 Å². The lowest BCUT2D eigenvalue weighted by atomic mass is 10.1. The van der Waals surface area contributed by atoms with E-state index in [9.17, 15) is 9.59 Å². The number of hydrogen-bond acceptors (Lipinski definition) is 6. The summed E-state index contributed by atoms with van der Waals surface area (Å²) in [6.45, 7) is 1.96. The van der Waals surface area contributed by atoms with Crippen molar-refractivity contribution in [2.45, 2.75) is 6.92 Å². The van der Waals surface area contributed by atoms with Crippen molar-refractivity contribution in [2.24, 2.45) is 0 Å². The maximum atomic E-state index is 12.7. The zero-order valence-corrected chi connectivity index (χ0v) is 15.9. The Balaban J connectivity index is 1.64. The molecule has 144 valence electrons. The number of nitrogens with zero attached hydrogens (tertiary/aromatic N) is 4. The number of hydrogen-bond donors (Lipinski definition) is 1. The summed E-state index contributed by atoms with van der Waals surface area (Å²) in [4.78, 5) is 24.9. The summed E-state index contributed by atoms with van der Waals surface area (Å²) in [5, 5.41) is 14.8. The molecular weight excluding hydrogens is 394 g/mol. The van der Waals surface area contributed by atoms with E-state index in [1.807, 2.05) is 31.2 Å². The summed E-state index contributed by atoms with van der Waals surface area (Å²) in [5.41, 5.74) is 1.97. The number of halogens is 1. The summed E-state index contributed by atoms with van der Waals surface area (Å²) in [7, 11) is 0. The highest BCUT2D eigenvalue weighted by Gasteiger charge is 2.19. The van der Waals surface area contributed by atoms with E-state index >= 15 is 0 Å². The minimum absolute atomic E-state index is 0.0990. The van der Waals surface area contributed by atoms with Crippen molar-refractivity contribution in [2.75, 3.05) is 5.32 Å². The van der Waals surface area contributed by atoms with Gasteiger partial charge in [0.1, 0.15) is 0 Å². The highest BCUT2D eigenvalue weighted by molar-refractivity contribution is 6.30. The lowest BCUT2D eigenvalue weighted by Gasteiger charge is -2.07. The van der Waals surface area contributed by atoms with E-state index in [4.69, 9.17) is 16.2 Å². The topological polar surface area (TPSA) is 103 Å². The lowest BCUT2D eigenvalue weighted by Crippen LogP contribution is -2.25. The molecule has 0 aliphatic heterocycles. The molecule has 0 saturated carbocycles. The number of anilines is 1. The van der Waals surface area contributed by atoms with E-state index in [2.05, 4.69) is 20.7 Å². The van der Waals surface area contributed by atoms with E-state index in [0.717, 1.165) is 5.56 Å². The predicted molar refractivity (Wildman–Crippen MR) is 107 cm³/mol. The third-order valence-electron chi connectivity index (χ3n) is 4.16. The number of nitrogens with one attached hydrogen (secondary N) is 1. The number of benzene rings is 2. The third-order valence-corrected chi connectivity index (χ3v) is 4.41. The second-order valence-corrected chi connectivity index (χ2v) is 6.67. The molecule has 9 heteroatoms. The summed E-state index contributed by atoms with van der Waals surface area (Å²) >= 11 is 5.89. The van der Waals surface area contributed by atoms with Crippen LogP contribution in [-0.2, 0) is 0 Å². The van der Waals surface area contributed by atoms with Crippen LogP contribution in [0.4, 0.5) is 5.82 Å². The number of rotatable bonds is 4. The largest absolute Gasteiger partial charge is 0.300 e. The Labute approximate surface area is 169 Å². The molecule has 0 radical (unpaired) electrons. The minimum atomic E-state index is -0.720. The van der Waals surface area contributed by atoms with Crippen LogP contribution in [0.2, 0.25) is 5.02 Å². The van der Waals surface area contributed by atoms with Crippen LogP contribution in [0.5, 0.6) is 0 Å². The minimum Gasteiger partial charge on any atom is -0.300 e. The molecule has 1 amide bonds. The Morgan fingerprint density at radius 3 is 2.48 bits per heavy atom. The monoisotopic (exact) mass is 407 g/mol. The Hall–Kier alpha value is -3.78. The van der Waals surface area contributed by atoms with Crippen molar-refractivity contribution >= 4 is 23.3 Å². The fourth-order valence-electron chi connectivity index (χ4n) is 2.64. The molecule has 2 heterocycles. The first-order chi connectivity index (χ1) is 14.0. The first-order valence-electron chi connectivity index (χ1n) is 8.58. The predicted octanol–water partition coefficient (Wildman–Crippen LogP) is 3.50. The SMILES string of the molecule is Cc1ccc(-c2nonc2NC(=O)c2nn(-c3ccc(Cl)cc3)ccc2=O)cc1. The van der Waals surface area contributed by atoms with Crippen LogP contribution in [0.25, 0.3) is 16.9 Å². The Kier molecular flexibility index (Phi) is 4.92. The van der Waals surface area contributed by atoms with Crippen molar-refractivity contribution in [1.82, 2.24) is 20.1 Å². The number of carbonyl (C=O) groups excluding carboxylic acids is 1. The van der Waals surface area contributed by atoms with Gasteiger partial charge in [-0.2, -0.15) is 5.10 Å². The van der Waals surface area contributed by atoms with Crippen molar-refractivity contribution in [3.8, 4) is 16.9 Å². The van der Waals surface area contributed by atoms with Gasteiger partial charge in [0.2, 0.25) is 11.2 Å². The van der Waals surface area contributed by atoms with Crippen LogP contribution in [0.1, 0.15) is 16.1 Å². The number of amides is 1. The second kappa shape index (κ2) is 7.69. The van der Waals surface area contributed by atoms with Crippen LogP contribution in [0, 0.1) is 6.92 Å². The smallest absolute Gasteiger partial charge is 0.281 e. The van der Waals surface area contributed by atoms with E-state index in [0.29, 0.717) is 22.0 Å². The average Bonchev–Trinajstić information content (AvgIpc) is 3.17. The van der Waals surface area contributed by atoms with Gasteiger partial charge in [0.05, 0.1) is 5.69 Å². The van der Waals surface area contributed by atoms with Gasteiger partial charge in [-0.3, -0.25) is 9.59 Å². The van der Waals surface area contributed by atoms with Crippen molar-refractivity contribution in [3.05, 3.63) is 87.3 Å². The van der Waals surface area contributed by atoms with Gasteiger partial charge in [-0.25, -0.2) is 9.31 Å². The molecule has 1 N–H and O–H groups in total. The van der Waals surface area contributed by atoms with Gasteiger partial charge in [-0.1, -0.05) is 41.4 Å². The Morgan fingerprint density at radius 1 is 1.03 bits per heavy atom. The highest BCUT2D eigenvalue weighted by atomic mass is 35.5. The Bertz CT molecular complexity index is 1230. The fourth-order valence-corrected chi connectivity index (χ4v) is 2.77. The molecule has 2 aromatic heterocycles. The third kappa shape index (κ3) is 3.92. The number of aromatic nitrogens is 4. The van der Waals surface area contributed by atoms with E-state index < -0.39 is 11.3 Å².